The van der Waals surface area contributed by atoms with Crippen LogP contribution >= 0.6 is 0 Å². The van der Waals surface area contributed by atoms with Gasteiger partial charge in [0, 0.05) is 64.8 Å². The lowest BCUT2D eigenvalue weighted by Crippen LogP contribution is -2.49. The summed E-state index contributed by atoms with van der Waals surface area (Å²) in [6.07, 6.45) is 8.90. The van der Waals surface area contributed by atoms with Gasteiger partial charge in [0.25, 0.3) is 0 Å². The fourth-order valence-corrected chi connectivity index (χ4v) is 3.85. The van der Waals surface area contributed by atoms with E-state index in [4.69, 9.17) is 4.99 Å². The zero-order chi connectivity index (χ0) is 19.0. The van der Waals surface area contributed by atoms with Crippen LogP contribution in [0.25, 0.3) is 0 Å². The van der Waals surface area contributed by atoms with Crippen molar-refractivity contribution in [3.05, 3.63) is 18.5 Å². The van der Waals surface area contributed by atoms with E-state index in [-0.39, 0.29) is 0 Å². The van der Waals surface area contributed by atoms with E-state index in [0.717, 1.165) is 64.3 Å². The Balaban J connectivity index is 1.39. The van der Waals surface area contributed by atoms with Gasteiger partial charge in [-0.1, -0.05) is 13.3 Å². The predicted molar refractivity (Wildman–Crippen MR) is 111 cm³/mol. The highest BCUT2D eigenvalue weighted by molar-refractivity contribution is 5.79. The van der Waals surface area contributed by atoms with Gasteiger partial charge < -0.3 is 15.5 Å². The second-order valence-electron chi connectivity index (χ2n) is 7.71. The number of aromatic nitrogens is 2. The average Bonchev–Trinajstić information content (AvgIpc) is 2.68. The molecule has 0 unspecified atom stereocenters. The standard InChI is InChI=1S/C20H35N7/c1-3-20(7-5-8-20)17-25-18(21-4-2)22-11-12-26-13-15-27(16-14-26)19-23-9-6-10-24-19/h6,9-10H,3-5,7-8,11-17H2,1-2H3,(H2,21,22,25). The molecular formula is C20H35N7. The summed E-state index contributed by atoms with van der Waals surface area (Å²) in [7, 11) is 0. The maximum atomic E-state index is 4.86. The first-order valence-corrected chi connectivity index (χ1v) is 10.5. The Morgan fingerprint density at radius 2 is 1.85 bits per heavy atom. The molecular weight excluding hydrogens is 338 g/mol. The zero-order valence-corrected chi connectivity index (χ0v) is 17.0. The van der Waals surface area contributed by atoms with Gasteiger partial charge in [-0.15, -0.1) is 0 Å². The number of hydrogen-bond donors (Lipinski definition) is 2. The summed E-state index contributed by atoms with van der Waals surface area (Å²) in [4.78, 5) is 18.3. The second kappa shape index (κ2) is 9.88. The molecule has 1 aliphatic heterocycles. The zero-order valence-electron chi connectivity index (χ0n) is 17.0. The molecule has 27 heavy (non-hydrogen) atoms. The number of anilines is 1. The van der Waals surface area contributed by atoms with Crippen LogP contribution in [0.2, 0.25) is 0 Å². The second-order valence-corrected chi connectivity index (χ2v) is 7.71. The maximum Gasteiger partial charge on any atom is 0.225 e. The third kappa shape index (κ3) is 5.54. The van der Waals surface area contributed by atoms with Crippen molar-refractivity contribution in [3.8, 4) is 0 Å². The number of guanidine groups is 1. The third-order valence-electron chi connectivity index (χ3n) is 6.01. The van der Waals surface area contributed by atoms with Crippen LogP contribution < -0.4 is 15.5 Å². The lowest BCUT2D eigenvalue weighted by atomic mass is 9.67. The molecule has 1 aliphatic carbocycles. The van der Waals surface area contributed by atoms with Crippen molar-refractivity contribution >= 4 is 11.9 Å². The molecule has 0 spiro atoms. The molecule has 0 radical (unpaired) electrons. The molecule has 2 aliphatic rings. The molecule has 0 aromatic carbocycles. The Bertz CT molecular complexity index is 572. The van der Waals surface area contributed by atoms with Crippen LogP contribution in [0.4, 0.5) is 5.95 Å². The van der Waals surface area contributed by atoms with E-state index in [2.05, 4.69) is 44.2 Å². The summed E-state index contributed by atoms with van der Waals surface area (Å²) in [5.41, 5.74) is 0.470. The van der Waals surface area contributed by atoms with Crippen molar-refractivity contribution in [3.63, 3.8) is 0 Å². The molecule has 0 atom stereocenters. The van der Waals surface area contributed by atoms with Crippen LogP contribution in [-0.2, 0) is 0 Å². The van der Waals surface area contributed by atoms with Gasteiger partial charge in [0.2, 0.25) is 5.95 Å². The fraction of sp³-hybridized carbons (Fsp3) is 0.750. The molecule has 1 aromatic rings. The number of nitrogens with zero attached hydrogens (tertiary/aromatic N) is 5. The van der Waals surface area contributed by atoms with Gasteiger partial charge in [0.15, 0.2) is 5.96 Å². The SMILES string of the molecule is CCNC(=NCC1(CC)CCC1)NCCN1CCN(c2ncccn2)CC1. The summed E-state index contributed by atoms with van der Waals surface area (Å²) in [5, 5.41) is 6.90. The minimum atomic E-state index is 0.470. The van der Waals surface area contributed by atoms with Crippen LogP contribution in [0.5, 0.6) is 0 Å². The first-order chi connectivity index (χ1) is 13.2. The molecule has 150 valence electrons. The highest BCUT2D eigenvalue weighted by atomic mass is 15.3. The molecule has 1 aromatic heterocycles. The summed E-state index contributed by atoms with van der Waals surface area (Å²) < 4.78 is 0. The first-order valence-electron chi connectivity index (χ1n) is 10.5. The molecule has 0 bridgehead atoms. The topological polar surface area (TPSA) is 68.7 Å². The molecule has 2 fully saturated rings. The molecule has 3 rings (SSSR count). The Kier molecular flexibility index (Phi) is 7.26. The number of rotatable bonds is 8. The Hall–Kier alpha value is -1.89. The van der Waals surface area contributed by atoms with Gasteiger partial charge in [-0.25, -0.2) is 9.97 Å². The Morgan fingerprint density at radius 1 is 1.11 bits per heavy atom. The van der Waals surface area contributed by atoms with Gasteiger partial charge in [-0.05, 0) is 37.7 Å². The van der Waals surface area contributed by atoms with E-state index in [1.165, 1.54) is 25.7 Å². The lowest BCUT2D eigenvalue weighted by molar-refractivity contribution is 0.139. The largest absolute Gasteiger partial charge is 0.357 e. The minimum absolute atomic E-state index is 0.470. The van der Waals surface area contributed by atoms with Gasteiger partial charge in [-0.2, -0.15) is 0 Å². The Morgan fingerprint density at radius 3 is 2.44 bits per heavy atom. The quantitative estimate of drug-likeness (QED) is 0.534. The number of piperazine rings is 1. The van der Waals surface area contributed by atoms with E-state index in [9.17, 15) is 0 Å². The lowest BCUT2D eigenvalue weighted by Gasteiger charge is -2.40. The van der Waals surface area contributed by atoms with Crippen molar-refractivity contribution in [1.82, 2.24) is 25.5 Å². The third-order valence-corrected chi connectivity index (χ3v) is 6.01. The van der Waals surface area contributed by atoms with Crippen LogP contribution in [0.15, 0.2) is 23.5 Å². The molecule has 2 N–H and O–H groups in total. The number of aliphatic imine (C=N–C) groups is 1. The Labute approximate surface area is 163 Å². The molecule has 1 saturated heterocycles. The van der Waals surface area contributed by atoms with Crippen LogP contribution in [0.3, 0.4) is 0 Å². The van der Waals surface area contributed by atoms with Crippen molar-refractivity contribution in [2.45, 2.75) is 39.5 Å². The number of hydrogen-bond acceptors (Lipinski definition) is 5. The van der Waals surface area contributed by atoms with E-state index < -0.39 is 0 Å². The van der Waals surface area contributed by atoms with E-state index >= 15 is 0 Å². The van der Waals surface area contributed by atoms with Gasteiger partial charge >= 0.3 is 0 Å². The maximum absolute atomic E-state index is 4.86. The average molecular weight is 374 g/mol. The van der Waals surface area contributed by atoms with E-state index in [1.807, 2.05) is 18.5 Å². The van der Waals surface area contributed by atoms with Crippen LogP contribution in [0.1, 0.15) is 39.5 Å². The fourth-order valence-electron chi connectivity index (χ4n) is 3.85. The summed E-state index contributed by atoms with van der Waals surface area (Å²) in [6, 6.07) is 1.86. The highest BCUT2D eigenvalue weighted by Crippen LogP contribution is 2.43. The van der Waals surface area contributed by atoms with Gasteiger partial charge in [-0.3, -0.25) is 9.89 Å². The summed E-state index contributed by atoms with van der Waals surface area (Å²) in [6.45, 7) is 12.3. The smallest absolute Gasteiger partial charge is 0.225 e. The van der Waals surface area contributed by atoms with Crippen molar-refractivity contribution in [1.29, 1.82) is 0 Å². The van der Waals surface area contributed by atoms with Crippen molar-refractivity contribution in [2.75, 3.05) is 57.3 Å². The van der Waals surface area contributed by atoms with Gasteiger partial charge in [0.05, 0.1) is 0 Å². The number of nitrogens with one attached hydrogen (secondary N) is 2. The predicted octanol–water partition coefficient (Wildman–Crippen LogP) is 1.73. The molecule has 1 saturated carbocycles. The highest BCUT2D eigenvalue weighted by Gasteiger charge is 2.34. The normalized spacial score (nSPS) is 20.2. The van der Waals surface area contributed by atoms with Crippen LogP contribution in [-0.4, -0.2) is 73.2 Å². The monoisotopic (exact) mass is 373 g/mol. The molecule has 2 heterocycles. The van der Waals surface area contributed by atoms with Crippen molar-refractivity contribution in [2.24, 2.45) is 10.4 Å². The summed E-state index contributed by atoms with van der Waals surface area (Å²) >= 11 is 0. The van der Waals surface area contributed by atoms with Gasteiger partial charge in [0.1, 0.15) is 0 Å². The minimum Gasteiger partial charge on any atom is -0.357 e. The first kappa shape index (κ1) is 19.9. The molecule has 0 amide bonds. The van der Waals surface area contributed by atoms with E-state index in [1.54, 1.807) is 0 Å². The molecule has 7 nitrogen and oxygen atoms in total. The molecule has 7 heteroatoms. The van der Waals surface area contributed by atoms with Crippen molar-refractivity contribution < 1.29 is 0 Å². The van der Waals surface area contributed by atoms with E-state index in [0.29, 0.717) is 5.41 Å². The summed E-state index contributed by atoms with van der Waals surface area (Å²) in [5.74, 6) is 1.81. The van der Waals surface area contributed by atoms with Crippen LogP contribution in [0, 0.1) is 5.41 Å².